The molecule has 0 amide bonds. The second kappa shape index (κ2) is 5.48. The number of carbonyl (C=O) groups is 2. The number of Topliss-reactive ketones (excluding diaryl/α,β-unsaturated/α-hetero) is 1. The number of esters is 1. The predicted octanol–water partition coefficient (Wildman–Crippen LogP) is 3.45. The van der Waals surface area contributed by atoms with E-state index in [1.165, 1.54) is 5.57 Å². The van der Waals surface area contributed by atoms with Crippen LogP contribution in [0.5, 0.6) is 0 Å². The lowest BCUT2D eigenvalue weighted by molar-refractivity contribution is -0.173. The molecule has 0 spiro atoms. The molecule has 1 heterocycles. The van der Waals surface area contributed by atoms with Gasteiger partial charge in [-0.3, -0.25) is 9.59 Å². The Morgan fingerprint density at radius 1 is 1.35 bits per heavy atom. The van der Waals surface area contributed by atoms with Crippen LogP contribution in [0.1, 0.15) is 26.2 Å². The molecule has 23 heavy (non-hydrogen) atoms. The van der Waals surface area contributed by atoms with Gasteiger partial charge in [0.2, 0.25) is 0 Å². The van der Waals surface area contributed by atoms with Gasteiger partial charge in [-0.2, -0.15) is 0 Å². The van der Waals surface area contributed by atoms with Gasteiger partial charge >= 0.3 is 5.97 Å². The fourth-order valence-electron chi connectivity index (χ4n) is 3.85. The van der Waals surface area contributed by atoms with Gasteiger partial charge in [0, 0.05) is 17.4 Å². The molecule has 118 valence electrons. The minimum absolute atomic E-state index is 0.0883. The molecule has 0 radical (unpaired) electrons. The first-order valence-electron chi connectivity index (χ1n) is 8.36. The van der Waals surface area contributed by atoms with Crippen LogP contribution in [-0.4, -0.2) is 18.4 Å². The van der Waals surface area contributed by atoms with Crippen LogP contribution in [0.25, 0.3) is 0 Å². The quantitative estimate of drug-likeness (QED) is 0.750. The van der Waals surface area contributed by atoms with Crippen molar-refractivity contribution < 1.29 is 14.3 Å². The Hall–Kier alpha value is -2.16. The highest BCUT2D eigenvalue weighted by molar-refractivity contribution is 6.05. The summed E-state index contributed by atoms with van der Waals surface area (Å²) in [5.74, 6) is -0.456. The Balaban J connectivity index is 1.78. The second-order valence-corrected chi connectivity index (χ2v) is 6.70. The van der Waals surface area contributed by atoms with E-state index in [1.807, 2.05) is 13.0 Å². The third-order valence-corrected chi connectivity index (χ3v) is 5.34. The van der Waals surface area contributed by atoms with E-state index in [9.17, 15) is 9.59 Å². The van der Waals surface area contributed by atoms with Gasteiger partial charge in [-0.05, 0) is 36.0 Å². The van der Waals surface area contributed by atoms with E-state index in [4.69, 9.17) is 4.74 Å². The maximum absolute atomic E-state index is 13.2. The number of cyclic esters (lactones) is 1. The first kappa shape index (κ1) is 14.4. The van der Waals surface area contributed by atoms with E-state index < -0.39 is 0 Å². The molecular weight excluding hydrogens is 288 g/mol. The molecule has 3 nitrogen and oxygen atoms in total. The van der Waals surface area contributed by atoms with Crippen molar-refractivity contribution in [1.82, 2.24) is 0 Å². The van der Waals surface area contributed by atoms with Crippen LogP contribution in [0.2, 0.25) is 0 Å². The standard InChI is InChI=1S/C20H20O3/c1-12(17-11-23-20(17)22)19(21)18-15-8-4-2-6-13(15)10-14-7-3-5-9-16(14)18/h2,4-5,8-10,12-13,17H,3,6-7,11H2,1H3. The van der Waals surface area contributed by atoms with Gasteiger partial charge in [0.05, 0.1) is 0 Å². The molecule has 1 fully saturated rings. The van der Waals surface area contributed by atoms with Crippen LogP contribution < -0.4 is 0 Å². The van der Waals surface area contributed by atoms with Crippen LogP contribution in [-0.2, 0) is 14.3 Å². The number of allylic oxidation sites excluding steroid dienone is 10. The Bertz CT molecular complexity index is 730. The van der Waals surface area contributed by atoms with Crippen LogP contribution in [0.3, 0.4) is 0 Å². The Morgan fingerprint density at radius 3 is 2.96 bits per heavy atom. The summed E-state index contributed by atoms with van der Waals surface area (Å²) in [5.41, 5.74) is 4.30. The first-order chi connectivity index (χ1) is 11.2. The summed E-state index contributed by atoms with van der Waals surface area (Å²) in [7, 11) is 0. The Morgan fingerprint density at radius 2 is 2.22 bits per heavy atom. The molecule has 3 aliphatic carbocycles. The average Bonchev–Trinajstić information content (AvgIpc) is 2.57. The zero-order chi connectivity index (χ0) is 16.0. The minimum atomic E-state index is -0.319. The molecule has 0 aromatic rings. The molecule has 4 rings (SSSR count). The topological polar surface area (TPSA) is 43.4 Å². The van der Waals surface area contributed by atoms with Gasteiger partial charge < -0.3 is 4.74 Å². The summed E-state index contributed by atoms with van der Waals surface area (Å²) in [4.78, 5) is 24.8. The maximum atomic E-state index is 13.2. The molecule has 0 aromatic carbocycles. The molecule has 0 N–H and O–H groups in total. The molecule has 0 bridgehead atoms. The molecule has 3 heteroatoms. The Kier molecular flexibility index (Phi) is 3.44. The number of hydrogen-bond donors (Lipinski definition) is 0. The smallest absolute Gasteiger partial charge is 0.313 e. The van der Waals surface area contributed by atoms with Crippen molar-refractivity contribution in [3.8, 4) is 0 Å². The van der Waals surface area contributed by atoms with Gasteiger partial charge in [-0.15, -0.1) is 0 Å². The normalized spacial score (nSPS) is 29.7. The molecular formula is C20H20O3. The van der Waals surface area contributed by atoms with Gasteiger partial charge in [-0.1, -0.05) is 43.4 Å². The number of ketones is 1. The number of fused-ring (bicyclic) bond motifs is 2. The molecule has 0 saturated carbocycles. The Labute approximate surface area is 136 Å². The highest BCUT2D eigenvalue weighted by Crippen LogP contribution is 2.43. The van der Waals surface area contributed by atoms with Gasteiger partial charge in [-0.25, -0.2) is 0 Å². The summed E-state index contributed by atoms with van der Waals surface area (Å²) < 4.78 is 4.86. The maximum Gasteiger partial charge on any atom is 0.313 e. The molecule has 0 aromatic heterocycles. The van der Waals surface area contributed by atoms with Crippen molar-refractivity contribution in [3.05, 3.63) is 58.7 Å². The zero-order valence-corrected chi connectivity index (χ0v) is 13.2. The highest BCUT2D eigenvalue weighted by atomic mass is 16.6. The van der Waals surface area contributed by atoms with E-state index in [0.717, 1.165) is 36.0 Å². The fraction of sp³-hybridized carbons (Fsp3) is 0.400. The van der Waals surface area contributed by atoms with Crippen molar-refractivity contribution in [2.45, 2.75) is 26.2 Å². The second-order valence-electron chi connectivity index (χ2n) is 6.70. The van der Waals surface area contributed by atoms with Crippen molar-refractivity contribution in [3.63, 3.8) is 0 Å². The molecule has 4 aliphatic rings. The lowest BCUT2D eigenvalue weighted by Gasteiger charge is -2.34. The number of rotatable bonds is 3. The van der Waals surface area contributed by atoms with Crippen molar-refractivity contribution in [1.29, 1.82) is 0 Å². The average molecular weight is 308 g/mol. The van der Waals surface area contributed by atoms with Crippen LogP contribution in [0.15, 0.2) is 58.7 Å². The summed E-state index contributed by atoms with van der Waals surface area (Å²) in [6.45, 7) is 2.23. The molecule has 3 unspecified atom stereocenters. The summed E-state index contributed by atoms with van der Waals surface area (Å²) in [5, 5.41) is 0. The summed E-state index contributed by atoms with van der Waals surface area (Å²) in [6, 6.07) is 0. The highest BCUT2D eigenvalue weighted by Gasteiger charge is 2.42. The van der Waals surface area contributed by atoms with Gasteiger partial charge in [0.1, 0.15) is 12.5 Å². The van der Waals surface area contributed by atoms with E-state index >= 15 is 0 Å². The molecule has 1 saturated heterocycles. The van der Waals surface area contributed by atoms with Crippen molar-refractivity contribution >= 4 is 11.8 Å². The largest absolute Gasteiger partial charge is 0.464 e. The van der Waals surface area contributed by atoms with E-state index in [2.05, 4.69) is 30.4 Å². The number of ether oxygens (including phenoxy) is 1. The van der Waals surface area contributed by atoms with Gasteiger partial charge in [0.25, 0.3) is 0 Å². The van der Waals surface area contributed by atoms with Crippen LogP contribution in [0.4, 0.5) is 0 Å². The summed E-state index contributed by atoms with van der Waals surface area (Å²) in [6.07, 6.45) is 15.8. The number of carbonyl (C=O) groups excluding carboxylic acids is 2. The monoisotopic (exact) mass is 308 g/mol. The van der Waals surface area contributed by atoms with E-state index in [-0.39, 0.29) is 23.6 Å². The van der Waals surface area contributed by atoms with Crippen LogP contribution in [0, 0.1) is 17.8 Å². The predicted molar refractivity (Wildman–Crippen MR) is 87.4 cm³/mol. The number of hydrogen-bond acceptors (Lipinski definition) is 3. The summed E-state index contributed by atoms with van der Waals surface area (Å²) >= 11 is 0. The lowest BCUT2D eigenvalue weighted by Crippen LogP contribution is -2.43. The fourth-order valence-corrected chi connectivity index (χ4v) is 3.85. The van der Waals surface area contributed by atoms with Crippen molar-refractivity contribution in [2.24, 2.45) is 17.8 Å². The zero-order valence-electron chi connectivity index (χ0n) is 13.2. The van der Waals surface area contributed by atoms with E-state index in [1.54, 1.807) is 0 Å². The van der Waals surface area contributed by atoms with E-state index in [0.29, 0.717) is 12.5 Å². The SMILES string of the molecule is CC(C(=O)C1=C2C=CCCC2=CC2CC=CC=C12)C1COC1=O. The third-order valence-electron chi connectivity index (χ3n) is 5.34. The molecule has 1 aliphatic heterocycles. The lowest BCUT2D eigenvalue weighted by atomic mass is 9.71. The first-order valence-corrected chi connectivity index (χ1v) is 8.36. The van der Waals surface area contributed by atoms with Gasteiger partial charge in [0.15, 0.2) is 5.78 Å². The third kappa shape index (κ3) is 2.26. The molecule has 3 atom stereocenters. The van der Waals surface area contributed by atoms with Crippen molar-refractivity contribution in [2.75, 3.05) is 6.61 Å². The minimum Gasteiger partial charge on any atom is -0.464 e. The van der Waals surface area contributed by atoms with Crippen LogP contribution >= 0.6 is 0 Å².